The number of fused-ring (bicyclic) bond motifs is 1. The number of carbonyl (C=O) groups excluding carboxylic acids is 1. The van der Waals surface area contributed by atoms with E-state index in [-0.39, 0.29) is 5.97 Å². The van der Waals surface area contributed by atoms with Crippen LogP contribution in [0.25, 0.3) is 11.0 Å². The van der Waals surface area contributed by atoms with Gasteiger partial charge in [-0.05, 0) is 31.9 Å². The summed E-state index contributed by atoms with van der Waals surface area (Å²) < 4.78 is 7.22. The summed E-state index contributed by atoms with van der Waals surface area (Å²) in [4.78, 5) is 16.8. The molecular formula is C16H23N3O2. The van der Waals surface area contributed by atoms with Gasteiger partial charge in [-0.15, -0.1) is 0 Å². The Hall–Kier alpha value is -2.04. The number of esters is 1. The lowest BCUT2D eigenvalue weighted by molar-refractivity contribution is -0.147. The number of imidazole rings is 1. The van der Waals surface area contributed by atoms with Gasteiger partial charge in [-0.2, -0.15) is 0 Å². The normalized spacial score (nSPS) is 12.5. The molecular weight excluding hydrogens is 266 g/mol. The van der Waals surface area contributed by atoms with Gasteiger partial charge in [-0.25, -0.2) is 9.78 Å². The van der Waals surface area contributed by atoms with Crippen molar-refractivity contribution in [3.63, 3.8) is 0 Å². The third-order valence-electron chi connectivity index (χ3n) is 3.47. The third kappa shape index (κ3) is 3.01. The van der Waals surface area contributed by atoms with Crippen molar-refractivity contribution in [2.75, 3.05) is 12.3 Å². The molecule has 2 rings (SSSR count). The molecule has 21 heavy (non-hydrogen) atoms. The zero-order chi connectivity index (χ0) is 15.4. The van der Waals surface area contributed by atoms with Crippen LogP contribution in [0.4, 0.5) is 5.69 Å². The molecule has 114 valence electrons. The molecule has 0 saturated heterocycles. The van der Waals surface area contributed by atoms with E-state index in [1.54, 1.807) is 0 Å². The summed E-state index contributed by atoms with van der Waals surface area (Å²) in [5.41, 5.74) is 8.28. The first-order valence-corrected chi connectivity index (χ1v) is 7.52. The molecule has 0 aliphatic carbocycles. The van der Waals surface area contributed by atoms with Crippen LogP contribution in [0.2, 0.25) is 0 Å². The fraction of sp³-hybridized carbons (Fsp3) is 0.500. The van der Waals surface area contributed by atoms with Gasteiger partial charge in [0.15, 0.2) is 0 Å². The quantitative estimate of drug-likeness (QED) is 0.655. The summed E-state index contributed by atoms with van der Waals surface area (Å²) in [7, 11) is 0. The summed E-state index contributed by atoms with van der Waals surface area (Å²) >= 11 is 0. The van der Waals surface area contributed by atoms with Gasteiger partial charge < -0.3 is 15.0 Å². The molecule has 5 nitrogen and oxygen atoms in total. The van der Waals surface area contributed by atoms with E-state index in [1.807, 2.05) is 36.6 Å². The molecule has 1 aromatic heterocycles. The molecule has 0 spiro atoms. The molecule has 0 bridgehead atoms. The van der Waals surface area contributed by atoms with E-state index in [0.717, 1.165) is 36.1 Å². The number of nitrogen functional groups attached to an aromatic ring is 1. The summed E-state index contributed by atoms with van der Waals surface area (Å²) in [6.45, 7) is 6.36. The molecule has 0 saturated carbocycles. The molecule has 0 aliphatic rings. The molecule has 1 atom stereocenters. The number of nitrogens with zero attached hydrogens (tertiary/aromatic N) is 2. The van der Waals surface area contributed by atoms with Gasteiger partial charge in [-0.1, -0.05) is 19.9 Å². The highest BCUT2D eigenvalue weighted by Crippen LogP contribution is 2.26. The van der Waals surface area contributed by atoms with Gasteiger partial charge in [0.1, 0.15) is 17.4 Å². The van der Waals surface area contributed by atoms with E-state index in [0.29, 0.717) is 12.3 Å². The number of ether oxygens (including phenoxy) is 1. The number of aryl methyl sites for hydroxylation is 1. The SMILES string of the molecule is CCCOC(=O)C(C)n1c(CCC)nc2c(N)cccc21. The highest BCUT2D eigenvalue weighted by Gasteiger charge is 2.22. The number of rotatable bonds is 6. The number of aromatic nitrogens is 2. The Balaban J connectivity index is 2.47. The van der Waals surface area contributed by atoms with Crippen molar-refractivity contribution in [2.45, 2.75) is 46.1 Å². The van der Waals surface area contributed by atoms with Crippen molar-refractivity contribution in [1.29, 1.82) is 0 Å². The number of carbonyl (C=O) groups is 1. The fourth-order valence-electron chi connectivity index (χ4n) is 2.45. The van der Waals surface area contributed by atoms with Crippen LogP contribution >= 0.6 is 0 Å². The topological polar surface area (TPSA) is 70.1 Å². The van der Waals surface area contributed by atoms with Crippen LogP contribution in [-0.4, -0.2) is 22.1 Å². The van der Waals surface area contributed by atoms with Crippen molar-refractivity contribution in [3.05, 3.63) is 24.0 Å². The predicted octanol–water partition coefficient (Wildman–Crippen LogP) is 3.09. The first-order valence-electron chi connectivity index (χ1n) is 7.52. The van der Waals surface area contributed by atoms with Gasteiger partial charge in [0.05, 0.1) is 17.8 Å². The van der Waals surface area contributed by atoms with Crippen molar-refractivity contribution < 1.29 is 9.53 Å². The van der Waals surface area contributed by atoms with Gasteiger partial charge in [0.2, 0.25) is 0 Å². The van der Waals surface area contributed by atoms with Crippen LogP contribution in [0.5, 0.6) is 0 Å². The van der Waals surface area contributed by atoms with Crippen molar-refractivity contribution in [1.82, 2.24) is 9.55 Å². The maximum atomic E-state index is 12.2. The lowest BCUT2D eigenvalue weighted by Crippen LogP contribution is -2.21. The van der Waals surface area contributed by atoms with Crippen molar-refractivity contribution in [2.24, 2.45) is 0 Å². The largest absolute Gasteiger partial charge is 0.464 e. The number of hydrogen-bond acceptors (Lipinski definition) is 4. The van der Waals surface area contributed by atoms with Gasteiger partial charge >= 0.3 is 5.97 Å². The number of benzene rings is 1. The van der Waals surface area contributed by atoms with Crippen LogP contribution in [0, 0.1) is 0 Å². The van der Waals surface area contributed by atoms with Gasteiger partial charge in [0, 0.05) is 6.42 Å². The Morgan fingerprint density at radius 1 is 1.38 bits per heavy atom. The summed E-state index contributed by atoms with van der Waals surface area (Å²) in [5.74, 6) is 0.655. The van der Waals surface area contributed by atoms with E-state index < -0.39 is 6.04 Å². The van der Waals surface area contributed by atoms with E-state index >= 15 is 0 Å². The minimum absolute atomic E-state index is 0.226. The Bertz CT molecular complexity index is 634. The lowest BCUT2D eigenvalue weighted by atomic mass is 10.2. The molecule has 0 fully saturated rings. The predicted molar refractivity (Wildman–Crippen MR) is 84.1 cm³/mol. The second-order valence-corrected chi connectivity index (χ2v) is 5.21. The Labute approximate surface area is 125 Å². The zero-order valence-electron chi connectivity index (χ0n) is 12.9. The molecule has 1 aromatic carbocycles. The van der Waals surface area contributed by atoms with E-state index in [4.69, 9.17) is 10.5 Å². The molecule has 1 unspecified atom stereocenters. The van der Waals surface area contributed by atoms with Crippen LogP contribution in [-0.2, 0) is 16.0 Å². The first kappa shape index (κ1) is 15.4. The molecule has 1 heterocycles. The molecule has 2 aromatic rings. The summed E-state index contributed by atoms with van der Waals surface area (Å²) in [5, 5.41) is 0. The summed E-state index contributed by atoms with van der Waals surface area (Å²) in [6.07, 6.45) is 2.58. The molecule has 0 aliphatic heterocycles. The average Bonchev–Trinajstić information content (AvgIpc) is 2.84. The molecule has 5 heteroatoms. The highest BCUT2D eigenvalue weighted by atomic mass is 16.5. The van der Waals surface area contributed by atoms with E-state index in [9.17, 15) is 4.79 Å². The van der Waals surface area contributed by atoms with Crippen LogP contribution in [0.1, 0.15) is 45.5 Å². The smallest absolute Gasteiger partial charge is 0.328 e. The van der Waals surface area contributed by atoms with E-state index in [2.05, 4.69) is 11.9 Å². The molecule has 2 N–H and O–H groups in total. The second-order valence-electron chi connectivity index (χ2n) is 5.21. The molecule has 0 amide bonds. The average molecular weight is 289 g/mol. The number of anilines is 1. The maximum Gasteiger partial charge on any atom is 0.328 e. The maximum absolute atomic E-state index is 12.2. The lowest BCUT2D eigenvalue weighted by Gasteiger charge is -2.16. The van der Waals surface area contributed by atoms with Gasteiger partial charge in [-0.3, -0.25) is 0 Å². The van der Waals surface area contributed by atoms with Gasteiger partial charge in [0.25, 0.3) is 0 Å². The third-order valence-corrected chi connectivity index (χ3v) is 3.47. The number of hydrogen-bond donors (Lipinski definition) is 1. The molecule has 0 radical (unpaired) electrons. The van der Waals surface area contributed by atoms with Crippen molar-refractivity contribution in [3.8, 4) is 0 Å². The van der Waals surface area contributed by atoms with Crippen LogP contribution < -0.4 is 5.73 Å². The van der Waals surface area contributed by atoms with Crippen LogP contribution in [0.15, 0.2) is 18.2 Å². The fourth-order valence-corrected chi connectivity index (χ4v) is 2.45. The highest BCUT2D eigenvalue weighted by molar-refractivity contribution is 5.89. The number of para-hydroxylation sites is 1. The Morgan fingerprint density at radius 3 is 2.81 bits per heavy atom. The second kappa shape index (κ2) is 6.61. The van der Waals surface area contributed by atoms with Crippen molar-refractivity contribution >= 4 is 22.7 Å². The summed E-state index contributed by atoms with van der Waals surface area (Å²) in [6, 6.07) is 5.26. The zero-order valence-corrected chi connectivity index (χ0v) is 12.9. The van der Waals surface area contributed by atoms with Crippen LogP contribution in [0.3, 0.4) is 0 Å². The first-order chi connectivity index (χ1) is 10.1. The standard InChI is InChI=1S/C16H23N3O2/c1-4-7-14-18-15-12(17)8-6-9-13(15)19(14)11(3)16(20)21-10-5-2/h6,8-9,11H,4-5,7,10,17H2,1-3H3. The number of nitrogens with two attached hydrogens (primary N) is 1. The Kier molecular flexibility index (Phi) is 4.83. The minimum atomic E-state index is -0.398. The monoisotopic (exact) mass is 289 g/mol. The minimum Gasteiger partial charge on any atom is -0.464 e. The van der Waals surface area contributed by atoms with E-state index in [1.165, 1.54) is 0 Å². The Morgan fingerprint density at radius 2 is 2.14 bits per heavy atom.